The number of nitrogens with one attached hydrogen (secondary N) is 2. The Kier molecular flexibility index (Phi) is 1.05. The average molecular weight is 126 g/mol. The number of nitrogens with zero attached hydrogens (tertiary/aromatic N) is 2. The number of hydrogen-bond acceptors (Lipinski definition) is 4. The van der Waals surface area contributed by atoms with Gasteiger partial charge in [0, 0.05) is 13.1 Å². The van der Waals surface area contributed by atoms with Crippen LogP contribution in [0.15, 0.2) is 5.10 Å². The fourth-order valence-corrected chi connectivity index (χ4v) is 1.15. The van der Waals surface area contributed by atoms with Gasteiger partial charge in [-0.05, 0) is 0 Å². The van der Waals surface area contributed by atoms with Gasteiger partial charge >= 0.3 is 0 Å². The van der Waals surface area contributed by atoms with Crippen LogP contribution in [-0.4, -0.2) is 37.0 Å². The standard InChI is InChI=1S/C5H10N4/c1-2-9-4-7-8-5(9)3-6-1/h6-7H,1-4H2. The molecule has 0 aromatic heterocycles. The fraction of sp³-hybridized carbons (Fsp3) is 0.800. The van der Waals surface area contributed by atoms with Crippen LogP contribution in [0.4, 0.5) is 0 Å². The van der Waals surface area contributed by atoms with E-state index >= 15 is 0 Å². The van der Waals surface area contributed by atoms with Crippen molar-refractivity contribution in [1.82, 2.24) is 15.6 Å². The van der Waals surface area contributed by atoms with Crippen molar-refractivity contribution in [3.8, 4) is 0 Å². The van der Waals surface area contributed by atoms with Gasteiger partial charge in [-0.15, -0.1) is 0 Å². The molecule has 2 heterocycles. The lowest BCUT2D eigenvalue weighted by atomic mass is 10.4. The molecule has 0 amide bonds. The SMILES string of the molecule is C1CN2CNN=C2CN1. The topological polar surface area (TPSA) is 39.7 Å². The van der Waals surface area contributed by atoms with Gasteiger partial charge in [-0.3, -0.25) is 5.43 Å². The Bertz CT molecular complexity index is 142. The number of rotatable bonds is 0. The van der Waals surface area contributed by atoms with E-state index in [0.29, 0.717) is 0 Å². The summed E-state index contributed by atoms with van der Waals surface area (Å²) < 4.78 is 0. The Hall–Kier alpha value is -0.770. The minimum absolute atomic E-state index is 0.900. The van der Waals surface area contributed by atoms with Crippen LogP contribution < -0.4 is 10.7 Å². The van der Waals surface area contributed by atoms with Gasteiger partial charge in [0.1, 0.15) is 12.5 Å². The molecule has 0 unspecified atom stereocenters. The van der Waals surface area contributed by atoms with Gasteiger partial charge in [0.05, 0.1) is 6.54 Å². The van der Waals surface area contributed by atoms with Crippen molar-refractivity contribution >= 4 is 5.84 Å². The predicted molar refractivity (Wildman–Crippen MR) is 35.0 cm³/mol. The molecule has 0 bridgehead atoms. The molecular formula is C5H10N4. The van der Waals surface area contributed by atoms with Gasteiger partial charge in [-0.1, -0.05) is 0 Å². The van der Waals surface area contributed by atoms with Crippen LogP contribution in [0.5, 0.6) is 0 Å². The molecule has 9 heavy (non-hydrogen) atoms. The molecule has 4 nitrogen and oxygen atoms in total. The summed E-state index contributed by atoms with van der Waals surface area (Å²) in [6.07, 6.45) is 0. The third kappa shape index (κ3) is 0.751. The number of amidine groups is 1. The van der Waals surface area contributed by atoms with Crippen LogP contribution in [0, 0.1) is 0 Å². The molecule has 2 aliphatic rings. The van der Waals surface area contributed by atoms with Crippen LogP contribution in [0.25, 0.3) is 0 Å². The molecular weight excluding hydrogens is 116 g/mol. The Morgan fingerprint density at radius 1 is 1.56 bits per heavy atom. The molecule has 2 rings (SSSR count). The summed E-state index contributed by atoms with van der Waals surface area (Å²) in [6.45, 7) is 4.00. The molecule has 2 aliphatic heterocycles. The second-order valence-corrected chi connectivity index (χ2v) is 2.28. The highest BCUT2D eigenvalue weighted by Gasteiger charge is 2.18. The second kappa shape index (κ2) is 1.88. The number of hydrogen-bond donors (Lipinski definition) is 2. The van der Waals surface area contributed by atoms with E-state index in [4.69, 9.17) is 0 Å². The quantitative estimate of drug-likeness (QED) is 0.427. The van der Waals surface area contributed by atoms with E-state index in [-0.39, 0.29) is 0 Å². The predicted octanol–water partition coefficient (Wildman–Crippen LogP) is -1.23. The molecule has 0 saturated carbocycles. The molecule has 1 saturated heterocycles. The molecule has 2 N–H and O–H groups in total. The van der Waals surface area contributed by atoms with Gasteiger partial charge < -0.3 is 10.2 Å². The van der Waals surface area contributed by atoms with Crippen molar-refractivity contribution in [2.45, 2.75) is 0 Å². The lowest BCUT2D eigenvalue weighted by Crippen LogP contribution is -2.46. The van der Waals surface area contributed by atoms with Gasteiger partial charge in [0.15, 0.2) is 0 Å². The third-order valence-electron chi connectivity index (χ3n) is 1.68. The lowest BCUT2D eigenvalue weighted by molar-refractivity contribution is 0.392. The normalized spacial score (nSPS) is 24.9. The largest absolute Gasteiger partial charge is 0.337 e. The maximum atomic E-state index is 4.09. The smallest absolute Gasteiger partial charge is 0.140 e. The molecule has 1 fully saturated rings. The van der Waals surface area contributed by atoms with Crippen LogP contribution in [0.2, 0.25) is 0 Å². The first kappa shape index (κ1) is 5.05. The zero-order valence-corrected chi connectivity index (χ0v) is 5.22. The molecule has 0 aliphatic carbocycles. The van der Waals surface area contributed by atoms with Crippen LogP contribution in [-0.2, 0) is 0 Å². The van der Waals surface area contributed by atoms with E-state index in [9.17, 15) is 0 Å². The highest BCUT2D eigenvalue weighted by atomic mass is 15.5. The molecule has 4 heteroatoms. The van der Waals surface area contributed by atoms with Crippen molar-refractivity contribution < 1.29 is 0 Å². The number of hydrazone groups is 1. The second-order valence-electron chi connectivity index (χ2n) is 2.28. The fourth-order valence-electron chi connectivity index (χ4n) is 1.15. The van der Waals surface area contributed by atoms with Crippen LogP contribution in [0.3, 0.4) is 0 Å². The molecule has 0 aromatic rings. The molecule has 50 valence electrons. The molecule has 0 radical (unpaired) electrons. The summed E-state index contributed by atoms with van der Waals surface area (Å²) in [4.78, 5) is 2.25. The van der Waals surface area contributed by atoms with E-state index in [1.807, 2.05) is 0 Å². The maximum Gasteiger partial charge on any atom is 0.140 e. The monoisotopic (exact) mass is 126 g/mol. The number of piperazine rings is 1. The molecule has 0 spiro atoms. The first-order valence-corrected chi connectivity index (χ1v) is 3.22. The van der Waals surface area contributed by atoms with Crippen LogP contribution in [0.1, 0.15) is 0 Å². The summed E-state index contributed by atoms with van der Waals surface area (Å²) in [5.41, 5.74) is 2.94. The maximum absolute atomic E-state index is 4.09. The Labute approximate surface area is 53.9 Å². The highest BCUT2D eigenvalue weighted by molar-refractivity contribution is 5.85. The molecule has 0 aromatic carbocycles. The van der Waals surface area contributed by atoms with Crippen molar-refractivity contribution in [1.29, 1.82) is 0 Å². The Morgan fingerprint density at radius 3 is 3.44 bits per heavy atom. The molecule has 0 atom stereocenters. The van der Waals surface area contributed by atoms with Gasteiger partial charge in [-0.25, -0.2) is 0 Å². The summed E-state index contributed by atoms with van der Waals surface area (Å²) in [5.74, 6) is 1.15. The van der Waals surface area contributed by atoms with Gasteiger partial charge in [-0.2, -0.15) is 5.10 Å². The van der Waals surface area contributed by atoms with Gasteiger partial charge in [0.25, 0.3) is 0 Å². The summed E-state index contributed by atoms with van der Waals surface area (Å²) in [5, 5.41) is 7.33. The van der Waals surface area contributed by atoms with E-state index in [1.165, 1.54) is 0 Å². The average Bonchev–Trinajstić information content (AvgIpc) is 2.33. The minimum Gasteiger partial charge on any atom is -0.337 e. The first-order valence-electron chi connectivity index (χ1n) is 3.22. The van der Waals surface area contributed by atoms with Crippen molar-refractivity contribution in [3.05, 3.63) is 0 Å². The third-order valence-corrected chi connectivity index (χ3v) is 1.68. The Morgan fingerprint density at radius 2 is 2.56 bits per heavy atom. The summed E-state index contributed by atoms with van der Waals surface area (Å²) in [7, 11) is 0. The van der Waals surface area contributed by atoms with E-state index in [0.717, 1.165) is 32.1 Å². The Balaban J connectivity index is 2.09. The van der Waals surface area contributed by atoms with E-state index in [1.54, 1.807) is 0 Å². The van der Waals surface area contributed by atoms with Crippen LogP contribution >= 0.6 is 0 Å². The van der Waals surface area contributed by atoms with E-state index < -0.39 is 0 Å². The summed E-state index contributed by atoms with van der Waals surface area (Å²) in [6, 6.07) is 0. The van der Waals surface area contributed by atoms with Gasteiger partial charge in [0.2, 0.25) is 0 Å². The number of fused-ring (bicyclic) bond motifs is 1. The van der Waals surface area contributed by atoms with Crippen molar-refractivity contribution in [2.24, 2.45) is 5.10 Å². The van der Waals surface area contributed by atoms with Crippen molar-refractivity contribution in [2.75, 3.05) is 26.3 Å². The highest BCUT2D eigenvalue weighted by Crippen LogP contribution is 1.98. The summed E-state index contributed by atoms with van der Waals surface area (Å²) >= 11 is 0. The minimum atomic E-state index is 0.900. The lowest BCUT2D eigenvalue weighted by Gasteiger charge is -2.23. The van der Waals surface area contributed by atoms with Crippen molar-refractivity contribution in [3.63, 3.8) is 0 Å². The zero-order chi connectivity index (χ0) is 6.10. The van der Waals surface area contributed by atoms with E-state index in [2.05, 4.69) is 20.7 Å². The zero-order valence-electron chi connectivity index (χ0n) is 5.22. The first-order chi connectivity index (χ1) is 4.47.